The average molecular weight is 402 g/mol. The third-order valence-corrected chi connectivity index (χ3v) is 5.13. The summed E-state index contributed by atoms with van der Waals surface area (Å²) >= 11 is 0. The predicted molar refractivity (Wildman–Crippen MR) is 101 cm³/mol. The first-order valence-electron chi connectivity index (χ1n) is 8.48. The molecule has 0 bridgehead atoms. The van der Waals surface area contributed by atoms with Gasteiger partial charge in [-0.05, 0) is 48.9 Å². The molecule has 3 aromatic rings. The number of pyridine rings is 1. The van der Waals surface area contributed by atoms with E-state index in [2.05, 4.69) is 0 Å². The normalized spacial score (nSPS) is 11.2. The Bertz CT molecular complexity index is 1120. The highest BCUT2D eigenvalue weighted by Gasteiger charge is 2.21. The molecule has 28 heavy (non-hydrogen) atoms. The Morgan fingerprint density at radius 1 is 1.04 bits per heavy atom. The molecule has 0 spiro atoms. The van der Waals surface area contributed by atoms with Crippen molar-refractivity contribution in [3.63, 3.8) is 0 Å². The first-order valence-corrected chi connectivity index (χ1v) is 9.88. The van der Waals surface area contributed by atoms with Gasteiger partial charge < -0.3 is 18.9 Å². The van der Waals surface area contributed by atoms with Gasteiger partial charge in [-0.3, -0.25) is 0 Å². The quantitative estimate of drug-likeness (QED) is 0.615. The van der Waals surface area contributed by atoms with E-state index in [0.29, 0.717) is 24.3 Å². The Morgan fingerprint density at radius 2 is 1.71 bits per heavy atom. The number of aryl methyl sites for hydroxylation is 1. The summed E-state index contributed by atoms with van der Waals surface area (Å²) < 4.78 is 51.2. The molecule has 0 radical (unpaired) electrons. The van der Waals surface area contributed by atoms with E-state index in [1.807, 2.05) is 4.57 Å². The molecule has 0 saturated heterocycles. The molecular formula is C20H19FN2O4S. The summed E-state index contributed by atoms with van der Waals surface area (Å²) in [4.78, 5) is -0.520. The van der Waals surface area contributed by atoms with Crippen molar-refractivity contribution in [3.05, 3.63) is 83.7 Å². The molecule has 0 aliphatic rings. The van der Waals surface area contributed by atoms with Crippen LogP contribution < -0.4 is 14.3 Å². The van der Waals surface area contributed by atoms with Crippen LogP contribution in [-0.4, -0.2) is 19.6 Å². The predicted octanol–water partition coefficient (Wildman–Crippen LogP) is 3.26. The van der Waals surface area contributed by atoms with Gasteiger partial charge in [0.15, 0.2) is 0 Å². The molecule has 1 aromatic heterocycles. The molecule has 146 valence electrons. The molecule has 8 heteroatoms. The maximum absolute atomic E-state index is 13.8. The standard InChI is InChI=1S/C20H19FN2O4S/c1-15-12-17(26-11-10-23-8-6-16(22)7-9-23)14-18(13-15)27-28(24,25)20-5-3-2-4-19(20)21/h2-9,12-14,22H,10-11H2,1H3. The number of halogens is 1. The second kappa shape index (κ2) is 8.26. The fourth-order valence-electron chi connectivity index (χ4n) is 2.54. The number of hydrogen-bond donors (Lipinski definition) is 1. The second-order valence-corrected chi connectivity index (χ2v) is 7.64. The Morgan fingerprint density at radius 3 is 2.43 bits per heavy atom. The van der Waals surface area contributed by atoms with Crippen LogP contribution in [0.15, 0.2) is 71.9 Å². The molecule has 0 aliphatic carbocycles. The largest absolute Gasteiger partial charge is 0.492 e. The molecule has 2 aromatic carbocycles. The van der Waals surface area contributed by atoms with E-state index in [4.69, 9.17) is 14.3 Å². The Hall–Kier alpha value is -3.13. The summed E-state index contributed by atoms with van der Waals surface area (Å²) in [5.74, 6) is -0.386. The van der Waals surface area contributed by atoms with Crippen molar-refractivity contribution in [3.8, 4) is 11.5 Å². The average Bonchev–Trinajstić information content (AvgIpc) is 2.63. The van der Waals surface area contributed by atoms with Crippen molar-refractivity contribution in [2.24, 2.45) is 0 Å². The van der Waals surface area contributed by atoms with Gasteiger partial charge in [0.25, 0.3) is 0 Å². The zero-order valence-electron chi connectivity index (χ0n) is 15.1. The van der Waals surface area contributed by atoms with Gasteiger partial charge >= 0.3 is 10.1 Å². The lowest BCUT2D eigenvalue weighted by Gasteiger charge is -2.12. The van der Waals surface area contributed by atoms with Crippen LogP contribution in [0.4, 0.5) is 4.39 Å². The van der Waals surface area contributed by atoms with E-state index >= 15 is 0 Å². The van der Waals surface area contributed by atoms with Gasteiger partial charge in [0.1, 0.15) is 28.8 Å². The first-order chi connectivity index (χ1) is 13.3. The highest BCUT2D eigenvalue weighted by atomic mass is 32.2. The molecule has 0 fully saturated rings. The number of hydrogen-bond acceptors (Lipinski definition) is 5. The number of rotatable bonds is 7. The van der Waals surface area contributed by atoms with E-state index in [0.717, 1.165) is 17.7 Å². The molecule has 1 N–H and O–H groups in total. The maximum atomic E-state index is 13.8. The molecule has 0 unspecified atom stereocenters. The van der Waals surface area contributed by atoms with Gasteiger partial charge in [0.2, 0.25) is 0 Å². The lowest BCUT2D eigenvalue weighted by Crippen LogP contribution is -2.12. The Kier molecular flexibility index (Phi) is 5.79. The number of aromatic nitrogens is 1. The SMILES string of the molecule is Cc1cc(OCCn2ccc(=N)cc2)cc(OS(=O)(=O)c2ccccc2F)c1. The molecule has 0 saturated carbocycles. The lowest BCUT2D eigenvalue weighted by molar-refractivity contribution is 0.297. The third-order valence-electron chi connectivity index (χ3n) is 3.85. The van der Waals surface area contributed by atoms with Crippen molar-refractivity contribution in [1.82, 2.24) is 4.57 Å². The summed E-state index contributed by atoms with van der Waals surface area (Å²) in [7, 11) is -4.30. The number of nitrogens with one attached hydrogen (secondary N) is 1. The van der Waals surface area contributed by atoms with Crippen molar-refractivity contribution < 1.29 is 21.7 Å². The van der Waals surface area contributed by atoms with E-state index in [-0.39, 0.29) is 5.75 Å². The van der Waals surface area contributed by atoms with Crippen molar-refractivity contribution in [2.75, 3.05) is 6.61 Å². The molecule has 0 atom stereocenters. The van der Waals surface area contributed by atoms with E-state index in [9.17, 15) is 12.8 Å². The summed E-state index contributed by atoms with van der Waals surface area (Å²) in [6, 6.07) is 13.1. The minimum absolute atomic E-state index is 0.0458. The minimum atomic E-state index is -4.30. The third kappa shape index (κ3) is 4.98. The molecular weight excluding hydrogens is 383 g/mol. The van der Waals surface area contributed by atoms with E-state index in [1.54, 1.807) is 37.5 Å². The zero-order chi connectivity index (χ0) is 20.1. The van der Waals surface area contributed by atoms with Crippen LogP contribution in [0.3, 0.4) is 0 Å². The highest BCUT2D eigenvalue weighted by molar-refractivity contribution is 7.87. The summed E-state index contributed by atoms with van der Waals surface area (Å²) in [6.45, 7) is 2.67. The Labute approximate surface area is 162 Å². The zero-order valence-corrected chi connectivity index (χ0v) is 15.9. The number of benzene rings is 2. The maximum Gasteiger partial charge on any atom is 0.342 e. The first kappa shape index (κ1) is 19.6. The fraction of sp³-hybridized carbons (Fsp3) is 0.150. The summed E-state index contributed by atoms with van der Waals surface area (Å²) in [5, 5.41) is 7.89. The van der Waals surface area contributed by atoms with Gasteiger partial charge in [0.05, 0.1) is 11.9 Å². The van der Waals surface area contributed by atoms with E-state index < -0.39 is 20.8 Å². The molecule has 0 aliphatic heterocycles. The van der Waals surface area contributed by atoms with Crippen LogP contribution in [0.2, 0.25) is 0 Å². The van der Waals surface area contributed by atoms with Crippen LogP contribution in [0.25, 0.3) is 0 Å². The fourth-order valence-corrected chi connectivity index (χ4v) is 3.53. The van der Waals surface area contributed by atoms with E-state index in [1.165, 1.54) is 24.3 Å². The van der Waals surface area contributed by atoms with Gasteiger partial charge in [-0.2, -0.15) is 8.42 Å². The van der Waals surface area contributed by atoms with Crippen molar-refractivity contribution in [1.29, 1.82) is 5.41 Å². The Balaban J connectivity index is 1.71. The van der Waals surface area contributed by atoms with Crippen LogP contribution in [0.5, 0.6) is 11.5 Å². The van der Waals surface area contributed by atoms with Crippen LogP contribution in [0.1, 0.15) is 5.56 Å². The van der Waals surface area contributed by atoms with Crippen LogP contribution >= 0.6 is 0 Å². The number of nitrogens with zero attached hydrogens (tertiary/aromatic N) is 1. The van der Waals surface area contributed by atoms with Crippen LogP contribution in [-0.2, 0) is 16.7 Å². The lowest BCUT2D eigenvalue weighted by atomic mass is 10.2. The monoisotopic (exact) mass is 402 g/mol. The smallest absolute Gasteiger partial charge is 0.342 e. The summed E-state index contributed by atoms with van der Waals surface area (Å²) in [6.07, 6.45) is 3.55. The molecule has 6 nitrogen and oxygen atoms in total. The van der Waals surface area contributed by atoms with Crippen LogP contribution in [0, 0.1) is 18.2 Å². The minimum Gasteiger partial charge on any atom is -0.492 e. The van der Waals surface area contributed by atoms with Gasteiger partial charge in [-0.1, -0.05) is 12.1 Å². The molecule has 3 rings (SSSR count). The van der Waals surface area contributed by atoms with Gasteiger partial charge in [0, 0.05) is 18.5 Å². The van der Waals surface area contributed by atoms with Gasteiger partial charge in [-0.25, -0.2) is 4.39 Å². The summed E-state index contributed by atoms with van der Waals surface area (Å²) in [5.41, 5.74) is 0.738. The number of ether oxygens (including phenoxy) is 1. The second-order valence-electron chi connectivity index (χ2n) is 6.12. The van der Waals surface area contributed by atoms with Gasteiger partial charge in [-0.15, -0.1) is 0 Å². The highest BCUT2D eigenvalue weighted by Crippen LogP contribution is 2.26. The van der Waals surface area contributed by atoms with Crippen molar-refractivity contribution in [2.45, 2.75) is 18.4 Å². The molecule has 0 amide bonds. The topological polar surface area (TPSA) is 81.4 Å². The van der Waals surface area contributed by atoms with Crippen molar-refractivity contribution >= 4 is 10.1 Å². The molecule has 1 heterocycles.